The van der Waals surface area contributed by atoms with E-state index in [1.165, 1.54) is 145 Å². The van der Waals surface area contributed by atoms with Crippen molar-refractivity contribution in [3.8, 4) is 0 Å². The van der Waals surface area contributed by atoms with Crippen LogP contribution >= 0.6 is 0 Å². The van der Waals surface area contributed by atoms with Crippen molar-refractivity contribution in [1.82, 2.24) is 25.2 Å². The van der Waals surface area contributed by atoms with Crippen LogP contribution in [0.2, 0.25) is 0 Å². The van der Waals surface area contributed by atoms with E-state index < -0.39 is 153 Å². The molecule has 3 aliphatic rings. The van der Waals surface area contributed by atoms with Gasteiger partial charge >= 0.3 is 47.8 Å². The molecule has 3 aliphatic heterocycles. The first-order valence-corrected chi connectivity index (χ1v) is 37.5. The Morgan fingerprint density at radius 1 is 0.431 bits per heavy atom. The summed E-state index contributed by atoms with van der Waals surface area (Å²) < 4.78 is 85.1. The van der Waals surface area contributed by atoms with Crippen LogP contribution in [0, 0.1) is 0 Å². The van der Waals surface area contributed by atoms with Gasteiger partial charge in [-0.25, -0.2) is 0 Å². The van der Waals surface area contributed by atoms with E-state index >= 15 is 0 Å². The molecule has 582 valence electrons. The highest BCUT2D eigenvalue weighted by molar-refractivity contribution is 5.84. The van der Waals surface area contributed by atoms with Gasteiger partial charge in [-0.1, -0.05) is 180 Å². The minimum absolute atomic E-state index is 0.113. The molecule has 0 aromatic carbocycles. The van der Waals surface area contributed by atoms with Gasteiger partial charge in [0.15, 0.2) is 67.7 Å². The molecular weight excluding hydrogens is 1330 g/mol. The Morgan fingerprint density at radius 2 is 0.784 bits per heavy atom. The first kappa shape index (κ1) is 88.0. The van der Waals surface area contributed by atoms with Crippen LogP contribution in [0.5, 0.6) is 0 Å². The molecule has 1 N–H and O–H groups in total. The Hall–Kier alpha value is -6.40. The van der Waals surface area contributed by atoms with Gasteiger partial charge in [0.2, 0.25) is 11.8 Å². The summed E-state index contributed by atoms with van der Waals surface area (Å²) in [5.74, 6) is -7.44. The third kappa shape index (κ3) is 34.0. The fourth-order valence-corrected chi connectivity index (χ4v) is 12.9. The molecule has 2 amide bonds. The Balaban J connectivity index is 1.58. The number of carbonyl (C=O) groups is 10. The number of carbonyl (C=O) groups excluding carboxylic acids is 10. The average Bonchev–Trinajstić information content (AvgIpc) is 0.845. The summed E-state index contributed by atoms with van der Waals surface area (Å²) in [5.41, 5.74) is 0.200. The number of nitrogens with zero attached hydrogens (tertiary/aromatic N) is 4. The van der Waals surface area contributed by atoms with Crippen molar-refractivity contribution in [3.63, 3.8) is 0 Å². The monoisotopic (exact) mass is 1450 g/mol. The van der Waals surface area contributed by atoms with Gasteiger partial charge in [-0.2, -0.15) is 0 Å². The number of aromatic nitrogens is 3. The van der Waals surface area contributed by atoms with Gasteiger partial charge in [-0.3, -0.25) is 52.6 Å². The lowest BCUT2D eigenvalue weighted by molar-refractivity contribution is -0.366. The van der Waals surface area contributed by atoms with Crippen molar-refractivity contribution in [1.29, 1.82) is 0 Å². The average molecular weight is 1450 g/mol. The molecule has 1 aromatic heterocycles. The van der Waals surface area contributed by atoms with Crippen LogP contribution in [0.4, 0.5) is 0 Å². The van der Waals surface area contributed by atoms with E-state index in [1.54, 1.807) is 6.20 Å². The Bertz CT molecular complexity index is 2680. The van der Waals surface area contributed by atoms with E-state index in [9.17, 15) is 47.9 Å². The van der Waals surface area contributed by atoms with Gasteiger partial charge in [-0.05, 0) is 26.7 Å². The lowest BCUT2D eigenvalue weighted by Gasteiger charge is -2.49. The molecule has 3 saturated heterocycles. The second-order valence-electron chi connectivity index (χ2n) is 27.0. The molecule has 0 aliphatic carbocycles. The molecule has 1 aromatic rings. The number of ether oxygens (including phenoxy) is 14. The van der Waals surface area contributed by atoms with Crippen molar-refractivity contribution in [2.75, 3.05) is 26.2 Å². The second-order valence-corrected chi connectivity index (χ2v) is 27.0. The zero-order chi connectivity index (χ0) is 74.9. The van der Waals surface area contributed by atoms with E-state index in [1.807, 2.05) is 0 Å². The Morgan fingerprint density at radius 3 is 1.21 bits per heavy atom. The van der Waals surface area contributed by atoms with E-state index in [4.69, 9.17) is 66.3 Å². The maximum absolute atomic E-state index is 14.0. The topological polar surface area (TPSA) is 346 Å². The van der Waals surface area contributed by atoms with E-state index in [0.29, 0.717) is 13.0 Å². The van der Waals surface area contributed by atoms with Crippen LogP contribution in [0.15, 0.2) is 6.20 Å². The SMILES string of the molecule is CCCCCCCCCCCCCCCCCCNC(=O)CN(CCn1cc(CO[C@@H]2O[C@H](CO[C@@H]3O[C@@H](C)[C@H](OC(C)=O)[C@@H](OC(C)=O)[C@H]3OC(C)=O)[C@@H](O[C@@H]3O[C@@H](C)[C@H](OC(C)=O)[C@@H](OC(C)=O)[C@H]3OC(C)=O)[C@H](OC(C)=O)[C@H]2OC(C)=O)nn1)C(=O)CCCCCCCCCCCCC. The first-order valence-electron chi connectivity index (χ1n) is 37.5. The Labute approximate surface area is 603 Å². The third-order valence-electron chi connectivity index (χ3n) is 17.8. The van der Waals surface area contributed by atoms with Crippen LogP contribution in [0.1, 0.15) is 269 Å². The van der Waals surface area contributed by atoms with Crippen molar-refractivity contribution in [3.05, 3.63) is 11.9 Å². The van der Waals surface area contributed by atoms with E-state index in [0.717, 1.165) is 100 Å². The number of hydrogen-bond acceptors (Lipinski definition) is 26. The minimum atomic E-state index is -1.81. The van der Waals surface area contributed by atoms with Crippen LogP contribution in [-0.2, 0) is 127 Å². The van der Waals surface area contributed by atoms with E-state index in [2.05, 4.69) is 29.5 Å². The number of unbranched alkanes of at least 4 members (excludes halogenated alkanes) is 25. The molecule has 0 bridgehead atoms. The van der Waals surface area contributed by atoms with E-state index in [-0.39, 0.29) is 43.6 Å². The molecule has 15 atom stereocenters. The maximum Gasteiger partial charge on any atom is 0.303 e. The van der Waals surface area contributed by atoms with Gasteiger partial charge in [0, 0.05) is 74.9 Å². The largest absolute Gasteiger partial charge is 0.456 e. The van der Waals surface area contributed by atoms with Gasteiger partial charge in [0.1, 0.15) is 17.9 Å². The quantitative estimate of drug-likeness (QED) is 0.0360. The van der Waals surface area contributed by atoms with Gasteiger partial charge in [0.05, 0.1) is 44.7 Å². The zero-order valence-electron chi connectivity index (χ0n) is 62.9. The Kier molecular flexibility index (Phi) is 42.6. The molecule has 102 heavy (non-hydrogen) atoms. The molecule has 0 unspecified atom stereocenters. The number of rotatable bonds is 50. The van der Waals surface area contributed by atoms with Crippen LogP contribution in [0.25, 0.3) is 0 Å². The summed E-state index contributed by atoms with van der Waals surface area (Å²) in [7, 11) is 0. The van der Waals surface area contributed by atoms with Crippen molar-refractivity contribution in [2.24, 2.45) is 0 Å². The molecule has 0 saturated carbocycles. The number of amides is 2. The molecule has 4 heterocycles. The minimum Gasteiger partial charge on any atom is -0.456 e. The molecule has 0 radical (unpaired) electrons. The standard InChI is InChI=1S/C73H121N5O24/c1-13-15-17-19-21-23-25-26-27-28-29-31-33-35-37-39-41-74-60(87)45-77(61(88)40-38-36-34-32-30-24-22-20-18-16-14-2)42-43-78-44-58(75-76-78)46-89-72-69(99-56(11)85)67(97-54(9)83)64(102-73-70(100-57(12)86)66(96-53(8)82)63(49(4)92-73)94-51(6)80)59(101-72)47-90-71-68(98-55(10)84)65(95-52(7)81)62(48(3)91-71)93-50(5)79/h44,48-49,59,62-73H,13-43,45-47H2,1-12H3,(H,74,87)/t48-,49-,59+,62-,63-,64+,65+,66+,67-,68+,69+,70+,71+,72+,73-/m0/s1. The molecule has 0 spiro atoms. The van der Waals surface area contributed by atoms with Crippen molar-refractivity contribution < 1.29 is 114 Å². The lowest BCUT2D eigenvalue weighted by atomic mass is 9.96. The van der Waals surface area contributed by atoms with Crippen molar-refractivity contribution >= 4 is 59.6 Å². The fourth-order valence-electron chi connectivity index (χ4n) is 12.9. The lowest BCUT2D eigenvalue weighted by Crippen LogP contribution is -2.67. The maximum atomic E-state index is 14.0. The molecule has 29 heteroatoms. The predicted octanol–water partition coefficient (Wildman–Crippen LogP) is 9.77. The third-order valence-corrected chi connectivity index (χ3v) is 17.8. The first-order chi connectivity index (χ1) is 48.8. The summed E-state index contributed by atoms with van der Waals surface area (Å²) in [6.07, 6.45) is 10.6. The van der Waals surface area contributed by atoms with Crippen LogP contribution in [-0.4, -0.2) is 198 Å². The van der Waals surface area contributed by atoms with Crippen LogP contribution in [0.3, 0.4) is 0 Å². The normalized spacial score (nSPS) is 24.7. The number of hydrogen-bond donors (Lipinski definition) is 1. The highest BCUT2D eigenvalue weighted by atomic mass is 16.8. The highest BCUT2D eigenvalue weighted by Gasteiger charge is 2.58. The number of esters is 8. The second kappa shape index (κ2) is 49.3. The molecule has 3 fully saturated rings. The van der Waals surface area contributed by atoms with Gasteiger partial charge in [0.25, 0.3) is 0 Å². The van der Waals surface area contributed by atoms with Crippen LogP contribution < -0.4 is 5.32 Å². The smallest absolute Gasteiger partial charge is 0.303 e. The zero-order valence-corrected chi connectivity index (χ0v) is 62.9. The molecular formula is C73H121N5O24. The predicted molar refractivity (Wildman–Crippen MR) is 368 cm³/mol. The number of nitrogens with one attached hydrogen (secondary N) is 1. The van der Waals surface area contributed by atoms with Gasteiger partial charge in [-0.15, -0.1) is 5.10 Å². The molecule has 4 rings (SSSR count). The molecule has 29 nitrogen and oxygen atoms in total. The summed E-state index contributed by atoms with van der Waals surface area (Å²) in [6.45, 7) is 15.4. The summed E-state index contributed by atoms with van der Waals surface area (Å²) in [6, 6.07) is 0. The summed E-state index contributed by atoms with van der Waals surface area (Å²) >= 11 is 0. The van der Waals surface area contributed by atoms with Crippen molar-refractivity contribution in [2.45, 2.75) is 368 Å². The summed E-state index contributed by atoms with van der Waals surface area (Å²) in [4.78, 5) is 131. The fraction of sp³-hybridized carbons (Fsp3) is 0.836. The highest BCUT2D eigenvalue weighted by Crippen LogP contribution is 2.37. The van der Waals surface area contributed by atoms with Gasteiger partial charge < -0.3 is 76.5 Å². The summed E-state index contributed by atoms with van der Waals surface area (Å²) in [5, 5.41) is 11.6.